The van der Waals surface area contributed by atoms with Gasteiger partial charge in [0.15, 0.2) is 0 Å². The van der Waals surface area contributed by atoms with Gasteiger partial charge in [0.05, 0.1) is 5.56 Å². The van der Waals surface area contributed by atoms with E-state index in [1.54, 1.807) is 27.2 Å². The van der Waals surface area contributed by atoms with E-state index in [0.717, 1.165) is 41.8 Å². The first-order valence-electron chi connectivity index (χ1n) is 10.1. The summed E-state index contributed by atoms with van der Waals surface area (Å²) in [6.07, 6.45) is -0.308. The minimum Gasteiger partial charge on any atom is -0.369 e. The van der Waals surface area contributed by atoms with E-state index in [-0.39, 0.29) is 5.91 Å². The molecule has 1 aromatic carbocycles. The van der Waals surface area contributed by atoms with Gasteiger partial charge in [-0.05, 0) is 62.4 Å². The molecule has 0 bridgehead atoms. The maximum atomic E-state index is 12.7. The molecular formula is C23H27F3N2O2. The molecule has 0 aliphatic carbocycles. The number of piperidine rings is 1. The van der Waals surface area contributed by atoms with Crippen LogP contribution in [0.4, 0.5) is 13.2 Å². The third-order valence-electron chi connectivity index (χ3n) is 5.76. The molecule has 1 aromatic heterocycles. The molecule has 1 saturated heterocycles. The zero-order valence-corrected chi connectivity index (χ0v) is 17.5. The second-order valence-electron chi connectivity index (χ2n) is 8.24. The van der Waals surface area contributed by atoms with Crippen molar-refractivity contribution in [2.24, 2.45) is 0 Å². The van der Waals surface area contributed by atoms with Crippen LogP contribution >= 0.6 is 0 Å². The Balaban J connectivity index is 1.57. The van der Waals surface area contributed by atoms with Crippen LogP contribution in [0.15, 0.2) is 42.6 Å². The Morgan fingerprint density at radius 1 is 1.07 bits per heavy atom. The zero-order chi connectivity index (χ0) is 21.9. The molecule has 7 heteroatoms. The number of hydrogen-bond donors (Lipinski definition) is 0. The number of rotatable bonds is 5. The van der Waals surface area contributed by atoms with Gasteiger partial charge in [0.25, 0.3) is 5.91 Å². The van der Waals surface area contributed by atoms with Crippen LogP contribution in [-0.2, 0) is 22.1 Å². The monoisotopic (exact) mass is 420 g/mol. The highest BCUT2D eigenvalue weighted by Gasteiger charge is 2.34. The molecule has 162 valence electrons. The number of pyridine rings is 1. The van der Waals surface area contributed by atoms with Gasteiger partial charge >= 0.3 is 6.18 Å². The molecule has 2 aromatic rings. The van der Waals surface area contributed by atoms with E-state index in [9.17, 15) is 18.0 Å². The van der Waals surface area contributed by atoms with Crippen molar-refractivity contribution in [2.75, 3.05) is 20.2 Å². The molecule has 4 nitrogen and oxygen atoms in total. The van der Waals surface area contributed by atoms with Crippen LogP contribution in [0, 0.1) is 0 Å². The molecule has 0 unspecified atom stereocenters. The van der Waals surface area contributed by atoms with Gasteiger partial charge in [0.1, 0.15) is 5.60 Å². The number of carbonyl (C=O) groups excluding carboxylic acids is 1. The predicted octanol–water partition coefficient (Wildman–Crippen LogP) is 4.82. The molecule has 30 heavy (non-hydrogen) atoms. The van der Waals surface area contributed by atoms with Crippen LogP contribution in [0.1, 0.15) is 55.0 Å². The topological polar surface area (TPSA) is 42.4 Å². The Kier molecular flexibility index (Phi) is 6.50. The fourth-order valence-electron chi connectivity index (χ4n) is 3.68. The van der Waals surface area contributed by atoms with Gasteiger partial charge in [-0.15, -0.1) is 0 Å². The summed E-state index contributed by atoms with van der Waals surface area (Å²) < 4.78 is 43.3. The summed E-state index contributed by atoms with van der Waals surface area (Å²) in [7, 11) is 1.54. The highest BCUT2D eigenvalue weighted by Crippen LogP contribution is 2.30. The van der Waals surface area contributed by atoms with Crippen molar-refractivity contribution in [3.63, 3.8) is 0 Å². The van der Waals surface area contributed by atoms with Gasteiger partial charge in [-0.3, -0.25) is 9.78 Å². The molecule has 1 aliphatic rings. The minimum absolute atomic E-state index is 0.00305. The first-order valence-corrected chi connectivity index (χ1v) is 10.1. The van der Waals surface area contributed by atoms with E-state index >= 15 is 0 Å². The fourth-order valence-corrected chi connectivity index (χ4v) is 3.68. The van der Waals surface area contributed by atoms with Gasteiger partial charge in [0.2, 0.25) is 0 Å². The highest BCUT2D eigenvalue weighted by atomic mass is 19.4. The number of benzene rings is 1. The summed E-state index contributed by atoms with van der Waals surface area (Å²) in [5.41, 5.74) is 1.30. The Bertz CT molecular complexity index is 854. The van der Waals surface area contributed by atoms with E-state index in [0.29, 0.717) is 25.4 Å². The molecule has 0 radical (unpaired) electrons. The quantitative estimate of drug-likeness (QED) is 0.696. The summed E-state index contributed by atoms with van der Waals surface area (Å²) in [5, 5.41) is 0. The van der Waals surface area contributed by atoms with Crippen molar-refractivity contribution < 1.29 is 22.7 Å². The number of amides is 1. The average Bonchev–Trinajstić information content (AvgIpc) is 2.73. The molecule has 1 amide bonds. The van der Waals surface area contributed by atoms with Crippen LogP contribution in [0.25, 0.3) is 0 Å². The van der Waals surface area contributed by atoms with Gasteiger partial charge in [-0.2, -0.15) is 13.2 Å². The molecule has 1 aliphatic heterocycles. The van der Waals surface area contributed by atoms with Gasteiger partial charge in [-0.1, -0.05) is 18.2 Å². The van der Waals surface area contributed by atoms with Gasteiger partial charge in [-0.25, -0.2) is 0 Å². The van der Waals surface area contributed by atoms with E-state index < -0.39 is 17.3 Å². The highest BCUT2D eigenvalue weighted by molar-refractivity contribution is 5.84. The third-order valence-corrected chi connectivity index (χ3v) is 5.76. The lowest BCUT2D eigenvalue weighted by atomic mass is 9.91. The normalized spacial score (nSPS) is 16.0. The Morgan fingerprint density at radius 3 is 2.17 bits per heavy atom. The molecule has 0 saturated carbocycles. The lowest BCUT2D eigenvalue weighted by Gasteiger charge is -2.36. The summed E-state index contributed by atoms with van der Waals surface area (Å²) in [5.74, 6) is 0.295. The third kappa shape index (κ3) is 5.19. The van der Waals surface area contributed by atoms with Crippen LogP contribution in [0.2, 0.25) is 0 Å². The number of alkyl halides is 3. The maximum Gasteiger partial charge on any atom is 0.416 e. The summed E-state index contributed by atoms with van der Waals surface area (Å²) >= 11 is 0. The number of likely N-dealkylation sites (tertiary alicyclic amines) is 1. The van der Waals surface area contributed by atoms with Crippen molar-refractivity contribution >= 4 is 5.91 Å². The lowest BCUT2D eigenvalue weighted by Crippen LogP contribution is -2.49. The maximum absolute atomic E-state index is 12.7. The Hall–Kier alpha value is -2.41. The standard InChI is InChI=1S/C23H27F3N2O2/c1-22(2,30-3)21(29)28-12-10-18(11-13-28)20-9-6-17(15-27-20)14-16-4-7-19(8-5-16)23(24,25)26/h4-9,15,18H,10-14H2,1-3H3. The Morgan fingerprint density at radius 2 is 1.67 bits per heavy atom. The molecular weight excluding hydrogens is 393 g/mol. The minimum atomic E-state index is -4.32. The molecule has 2 heterocycles. The number of methoxy groups -OCH3 is 1. The number of ether oxygens (including phenoxy) is 1. The van der Waals surface area contributed by atoms with Gasteiger partial charge < -0.3 is 9.64 Å². The van der Waals surface area contributed by atoms with Crippen molar-refractivity contribution in [1.29, 1.82) is 0 Å². The molecule has 0 atom stereocenters. The molecule has 0 spiro atoms. The van der Waals surface area contributed by atoms with E-state index in [4.69, 9.17) is 4.74 Å². The van der Waals surface area contributed by atoms with E-state index in [1.807, 2.05) is 17.0 Å². The largest absolute Gasteiger partial charge is 0.416 e. The second kappa shape index (κ2) is 8.76. The first kappa shape index (κ1) is 22.3. The summed E-state index contributed by atoms with van der Waals surface area (Å²) in [4.78, 5) is 18.9. The molecule has 0 N–H and O–H groups in total. The van der Waals surface area contributed by atoms with Crippen molar-refractivity contribution in [2.45, 2.75) is 50.8 Å². The lowest BCUT2D eigenvalue weighted by molar-refractivity contribution is -0.152. The van der Waals surface area contributed by atoms with Crippen molar-refractivity contribution in [3.05, 3.63) is 65.0 Å². The fraction of sp³-hybridized carbons (Fsp3) is 0.478. The van der Waals surface area contributed by atoms with Gasteiger partial charge in [0, 0.05) is 38.0 Å². The predicted molar refractivity (Wildman–Crippen MR) is 108 cm³/mol. The number of hydrogen-bond acceptors (Lipinski definition) is 3. The number of aromatic nitrogens is 1. The van der Waals surface area contributed by atoms with Crippen LogP contribution in [0.3, 0.4) is 0 Å². The molecule has 3 rings (SSSR count). The SMILES string of the molecule is COC(C)(C)C(=O)N1CCC(c2ccc(Cc3ccc(C(F)(F)F)cc3)cn2)CC1. The van der Waals surface area contributed by atoms with E-state index in [2.05, 4.69) is 4.98 Å². The summed E-state index contributed by atoms with van der Waals surface area (Å²) in [6, 6.07) is 9.19. The zero-order valence-electron chi connectivity index (χ0n) is 17.5. The smallest absolute Gasteiger partial charge is 0.369 e. The number of halogens is 3. The van der Waals surface area contributed by atoms with Crippen LogP contribution in [0.5, 0.6) is 0 Å². The van der Waals surface area contributed by atoms with Crippen LogP contribution in [-0.4, -0.2) is 41.6 Å². The van der Waals surface area contributed by atoms with Crippen LogP contribution < -0.4 is 0 Å². The average molecular weight is 420 g/mol. The first-order chi connectivity index (χ1) is 14.1. The second-order valence-corrected chi connectivity index (χ2v) is 8.24. The Labute approximate surface area is 175 Å². The van der Waals surface area contributed by atoms with Crippen molar-refractivity contribution in [3.8, 4) is 0 Å². The van der Waals surface area contributed by atoms with Crippen molar-refractivity contribution in [1.82, 2.24) is 9.88 Å². The molecule has 1 fully saturated rings. The van der Waals surface area contributed by atoms with E-state index in [1.165, 1.54) is 12.1 Å². The number of carbonyl (C=O) groups is 1. The number of nitrogens with zero attached hydrogens (tertiary/aromatic N) is 2. The summed E-state index contributed by atoms with van der Waals surface area (Å²) in [6.45, 7) is 4.90.